The second kappa shape index (κ2) is 29.7. The van der Waals surface area contributed by atoms with Gasteiger partial charge in [0.2, 0.25) is 5.91 Å². The highest BCUT2D eigenvalue weighted by Crippen LogP contribution is 2.35. The number of alkyl halides is 2. The lowest BCUT2D eigenvalue weighted by molar-refractivity contribution is -0.123. The van der Waals surface area contributed by atoms with Crippen LogP contribution in [-0.4, -0.2) is 109 Å². The zero-order valence-corrected chi connectivity index (χ0v) is 38.0. The molecule has 4 aliphatic heterocycles. The maximum absolute atomic E-state index is 12.8. The minimum absolute atomic E-state index is 0.0452. The third-order valence-electron chi connectivity index (χ3n) is 11.8. The van der Waals surface area contributed by atoms with Gasteiger partial charge < -0.3 is 50.0 Å². The molecule has 11 nitrogen and oxygen atoms in total. The van der Waals surface area contributed by atoms with Gasteiger partial charge in [-0.1, -0.05) is 96.1 Å². The van der Waals surface area contributed by atoms with Crippen molar-refractivity contribution in [3.8, 4) is 23.0 Å². The summed E-state index contributed by atoms with van der Waals surface area (Å²) >= 11 is 9.53. The van der Waals surface area contributed by atoms with Crippen molar-refractivity contribution in [3.63, 3.8) is 0 Å². The van der Waals surface area contributed by atoms with Crippen molar-refractivity contribution in [2.24, 2.45) is 5.73 Å². The van der Waals surface area contributed by atoms with Crippen molar-refractivity contribution in [3.05, 3.63) is 47.5 Å². The van der Waals surface area contributed by atoms with Gasteiger partial charge in [0.1, 0.15) is 32.5 Å². The number of benzene rings is 2. The number of fused-ring (bicyclic) bond motifs is 2. The summed E-state index contributed by atoms with van der Waals surface area (Å²) in [6, 6.07) is 10.5. The van der Waals surface area contributed by atoms with Crippen molar-refractivity contribution in [2.45, 2.75) is 147 Å². The normalized spacial score (nSPS) is 18.0. The second-order valence-electron chi connectivity index (χ2n) is 16.6. The van der Waals surface area contributed by atoms with Crippen LogP contribution in [0.15, 0.2) is 36.4 Å². The Morgan fingerprint density at radius 3 is 1.50 bits per heavy atom. The van der Waals surface area contributed by atoms with Gasteiger partial charge in [0, 0.05) is 25.6 Å². The number of hydrogen-bond donors (Lipinski definition) is 4. The van der Waals surface area contributed by atoms with Crippen molar-refractivity contribution >= 4 is 29.1 Å². The first-order valence-corrected chi connectivity index (χ1v) is 24.2. The molecule has 2 aromatic carbocycles. The molecule has 0 bridgehead atoms. The van der Waals surface area contributed by atoms with Crippen molar-refractivity contribution < 1.29 is 34.0 Å². The summed E-state index contributed by atoms with van der Waals surface area (Å²) in [6.45, 7) is 10.1. The maximum atomic E-state index is 12.8. The van der Waals surface area contributed by atoms with Gasteiger partial charge in [-0.15, -0.1) is 23.2 Å². The Kier molecular flexibility index (Phi) is 24.8. The number of halogens is 2. The van der Waals surface area contributed by atoms with E-state index in [0.717, 1.165) is 62.4 Å². The third kappa shape index (κ3) is 18.5. The summed E-state index contributed by atoms with van der Waals surface area (Å²) in [5.74, 6) is 2.86. The van der Waals surface area contributed by atoms with Crippen LogP contribution in [-0.2, 0) is 4.79 Å². The van der Waals surface area contributed by atoms with E-state index in [1.165, 1.54) is 96.3 Å². The molecule has 1 amide bonds. The first-order valence-electron chi connectivity index (χ1n) is 23.1. The van der Waals surface area contributed by atoms with Crippen LogP contribution in [0.3, 0.4) is 0 Å². The molecule has 4 atom stereocenters. The molecule has 2 fully saturated rings. The standard InChI is InChI=1S/C31H52N2O4.C15H22N2O3.CH2Cl2/c1-2-3-4-5-6-7-8-9-10-11-12-13-14-17-30(34)32-27(25-33-20-15-16-21-33)31(35)26-18-19-28-29(24-26)37-23-22-36-28;16-12(10-17-5-1-2-6-17)15(18)11-3-4-13-14(9-11)20-8-7-19-13;2-1-3/h18-19,24,27,31,35H,2-17,20-23,25H2,1H3,(H,32,34);3-4,9,12,15,18H,1-2,5-8,10,16H2;1H2/t27-,31-;12-,15-;/m11./s1. The number of carbonyl (C=O) groups is 1. The quantitative estimate of drug-likeness (QED) is 0.0633. The van der Waals surface area contributed by atoms with E-state index in [1.54, 1.807) is 0 Å². The number of aliphatic hydroxyl groups is 2. The Bertz CT molecular complexity index is 1460. The van der Waals surface area contributed by atoms with E-state index in [-0.39, 0.29) is 23.3 Å². The number of ether oxygens (including phenoxy) is 4. The van der Waals surface area contributed by atoms with E-state index in [2.05, 4.69) is 22.0 Å². The van der Waals surface area contributed by atoms with Crippen LogP contribution >= 0.6 is 23.2 Å². The monoisotopic (exact) mass is 879 g/mol. The zero-order valence-electron chi connectivity index (χ0n) is 36.4. The SMILES string of the molecule is CCCCCCCCCCCCCCCC(=O)N[C@H](CN1CCCC1)[C@H](O)c1ccc2c(c1)OCCO2.ClCCl.N[C@H](CN1CCCC1)[C@H](O)c1ccc2c(c1)OCCO2. The lowest BCUT2D eigenvalue weighted by atomic mass is 10.0. The van der Waals surface area contributed by atoms with Gasteiger partial charge in [-0.25, -0.2) is 0 Å². The number of aliphatic hydroxyl groups excluding tert-OH is 2. The first-order chi connectivity index (χ1) is 29.3. The fourth-order valence-electron chi connectivity index (χ4n) is 8.38. The molecule has 2 saturated heterocycles. The first kappa shape index (κ1) is 50.1. The van der Waals surface area contributed by atoms with Crippen LogP contribution in [0.25, 0.3) is 0 Å². The number of likely N-dealkylation sites (tertiary alicyclic amines) is 2. The summed E-state index contributed by atoms with van der Waals surface area (Å²) < 4.78 is 22.3. The molecule has 13 heteroatoms. The van der Waals surface area contributed by atoms with Crippen LogP contribution < -0.4 is 30.0 Å². The molecular formula is C47H76Cl2N4O7. The number of rotatable bonds is 23. The summed E-state index contributed by atoms with van der Waals surface area (Å²) in [4.78, 5) is 17.5. The predicted molar refractivity (Wildman–Crippen MR) is 243 cm³/mol. The van der Waals surface area contributed by atoms with Gasteiger partial charge in [0.05, 0.1) is 17.5 Å². The molecule has 0 spiro atoms. The number of amides is 1. The fraction of sp³-hybridized carbons (Fsp3) is 0.723. The lowest BCUT2D eigenvalue weighted by Crippen LogP contribution is -2.46. The van der Waals surface area contributed by atoms with Gasteiger partial charge in [0.25, 0.3) is 0 Å². The van der Waals surface area contributed by atoms with E-state index in [1.807, 2.05) is 36.4 Å². The smallest absolute Gasteiger partial charge is 0.220 e. The molecule has 2 aromatic rings. The molecule has 4 aliphatic rings. The number of nitrogens with one attached hydrogen (secondary N) is 1. The lowest BCUT2D eigenvalue weighted by Gasteiger charge is -2.29. The summed E-state index contributed by atoms with van der Waals surface area (Å²) in [5.41, 5.74) is 7.69. The van der Waals surface area contributed by atoms with Crippen LogP contribution in [0.4, 0.5) is 0 Å². The zero-order chi connectivity index (χ0) is 42.8. The van der Waals surface area contributed by atoms with E-state index in [0.29, 0.717) is 56.6 Å². The minimum atomic E-state index is -0.785. The highest BCUT2D eigenvalue weighted by atomic mass is 35.5. The molecule has 4 heterocycles. The van der Waals surface area contributed by atoms with Crippen LogP contribution in [0.1, 0.15) is 146 Å². The van der Waals surface area contributed by atoms with Gasteiger partial charge in [-0.2, -0.15) is 0 Å². The topological polar surface area (TPSA) is 139 Å². The van der Waals surface area contributed by atoms with E-state index >= 15 is 0 Å². The van der Waals surface area contributed by atoms with Crippen molar-refractivity contribution in [1.82, 2.24) is 15.1 Å². The van der Waals surface area contributed by atoms with Crippen LogP contribution in [0.2, 0.25) is 0 Å². The number of nitrogens with zero attached hydrogens (tertiary/aromatic N) is 2. The highest BCUT2D eigenvalue weighted by molar-refractivity contribution is 6.40. The summed E-state index contributed by atoms with van der Waals surface area (Å²) in [7, 11) is 0. The molecule has 6 rings (SSSR count). The Balaban J connectivity index is 0.000000287. The van der Waals surface area contributed by atoms with Crippen LogP contribution in [0, 0.1) is 0 Å². The largest absolute Gasteiger partial charge is 0.486 e. The van der Waals surface area contributed by atoms with Crippen LogP contribution in [0.5, 0.6) is 23.0 Å². The number of carbonyl (C=O) groups excluding carboxylic acids is 1. The van der Waals surface area contributed by atoms with Gasteiger partial charge in [-0.3, -0.25) is 4.79 Å². The van der Waals surface area contributed by atoms with Crippen molar-refractivity contribution in [2.75, 3.05) is 71.0 Å². The summed E-state index contributed by atoms with van der Waals surface area (Å²) in [5, 5.41) is 25.0. The molecule has 60 heavy (non-hydrogen) atoms. The molecule has 0 radical (unpaired) electrons. The molecule has 5 N–H and O–H groups in total. The fourth-order valence-corrected chi connectivity index (χ4v) is 8.38. The average Bonchev–Trinajstić information content (AvgIpc) is 4.00. The molecule has 340 valence electrons. The Morgan fingerprint density at radius 1 is 0.633 bits per heavy atom. The molecule has 0 unspecified atom stereocenters. The average molecular weight is 880 g/mol. The van der Waals surface area contributed by atoms with Gasteiger partial charge in [0.15, 0.2) is 23.0 Å². The van der Waals surface area contributed by atoms with E-state index < -0.39 is 12.2 Å². The molecular weight excluding hydrogens is 803 g/mol. The van der Waals surface area contributed by atoms with E-state index in [4.69, 9.17) is 47.9 Å². The Morgan fingerprint density at radius 2 is 1.03 bits per heavy atom. The second-order valence-corrected chi connectivity index (χ2v) is 17.5. The number of unbranched alkanes of at least 4 members (excludes halogenated alkanes) is 12. The summed E-state index contributed by atoms with van der Waals surface area (Å²) in [6.07, 6.45) is 20.7. The molecule has 0 aromatic heterocycles. The van der Waals surface area contributed by atoms with Gasteiger partial charge in [-0.05, 0) is 93.7 Å². The minimum Gasteiger partial charge on any atom is -0.486 e. The number of nitrogens with two attached hydrogens (primary N) is 1. The highest BCUT2D eigenvalue weighted by Gasteiger charge is 2.28. The van der Waals surface area contributed by atoms with Gasteiger partial charge >= 0.3 is 0 Å². The predicted octanol–water partition coefficient (Wildman–Crippen LogP) is 8.89. The molecule has 0 saturated carbocycles. The third-order valence-corrected chi connectivity index (χ3v) is 11.8. The number of hydrogen-bond acceptors (Lipinski definition) is 10. The maximum Gasteiger partial charge on any atom is 0.220 e. The van der Waals surface area contributed by atoms with E-state index in [9.17, 15) is 15.0 Å². The Labute approximate surface area is 370 Å². The molecule has 0 aliphatic carbocycles. The Hall–Kier alpha value is -2.51. The van der Waals surface area contributed by atoms with Crippen molar-refractivity contribution in [1.29, 1.82) is 0 Å².